The number of nitrogens with zero attached hydrogens (tertiary/aromatic N) is 2. The van der Waals surface area contributed by atoms with E-state index in [-0.39, 0.29) is 24.0 Å². The Morgan fingerprint density at radius 2 is 2.11 bits per heavy atom. The van der Waals surface area contributed by atoms with Crippen molar-refractivity contribution in [2.24, 2.45) is 4.99 Å². The molecule has 0 unspecified atom stereocenters. The van der Waals surface area contributed by atoms with Gasteiger partial charge in [-0.2, -0.15) is 11.8 Å². The van der Waals surface area contributed by atoms with Crippen LogP contribution in [0.15, 0.2) is 17.6 Å². The van der Waals surface area contributed by atoms with Crippen LogP contribution in [0.25, 0.3) is 0 Å². The molecule has 0 spiro atoms. The number of thioether (sulfide) groups is 1. The highest BCUT2D eigenvalue weighted by Crippen LogP contribution is 2.00. The second-order valence-electron chi connectivity index (χ2n) is 4.29. The van der Waals surface area contributed by atoms with E-state index in [4.69, 9.17) is 0 Å². The Morgan fingerprint density at radius 3 is 2.68 bits per heavy atom. The van der Waals surface area contributed by atoms with E-state index >= 15 is 0 Å². The molecule has 3 nitrogen and oxygen atoms in total. The Balaban J connectivity index is 0. The lowest BCUT2D eigenvalue weighted by molar-refractivity contribution is 0.469. The van der Waals surface area contributed by atoms with Gasteiger partial charge in [-0.1, -0.05) is 6.08 Å². The molecule has 0 aliphatic carbocycles. The minimum Gasteiger partial charge on any atom is -0.357 e. The fraction of sp³-hybridized carbons (Fsp3) is 0.786. The smallest absolute Gasteiger partial charge is 0.193 e. The van der Waals surface area contributed by atoms with E-state index in [9.17, 15) is 0 Å². The van der Waals surface area contributed by atoms with Crippen molar-refractivity contribution in [2.45, 2.75) is 32.6 Å². The van der Waals surface area contributed by atoms with E-state index in [2.05, 4.69) is 42.0 Å². The average molecular weight is 399 g/mol. The second-order valence-corrected chi connectivity index (χ2v) is 5.27. The Morgan fingerprint density at radius 1 is 1.37 bits per heavy atom. The molecule has 0 heterocycles. The number of allylic oxidation sites excluding steroid dienone is 1. The number of aliphatic imine (C=N–C) groups is 1. The van der Waals surface area contributed by atoms with Gasteiger partial charge in [0.25, 0.3) is 0 Å². The molecule has 0 aromatic heterocycles. The summed E-state index contributed by atoms with van der Waals surface area (Å²) in [6.45, 7) is 8.74. The molecular formula is C14H30IN3S. The first-order valence-electron chi connectivity index (χ1n) is 6.85. The van der Waals surface area contributed by atoms with Crippen LogP contribution in [0.3, 0.4) is 0 Å². The fourth-order valence-electron chi connectivity index (χ4n) is 1.59. The molecular weight excluding hydrogens is 369 g/mol. The zero-order valence-electron chi connectivity index (χ0n) is 12.7. The lowest BCUT2D eigenvalue weighted by atomic mass is 10.3. The molecule has 0 saturated carbocycles. The molecule has 19 heavy (non-hydrogen) atoms. The van der Waals surface area contributed by atoms with Gasteiger partial charge in [0, 0.05) is 26.7 Å². The van der Waals surface area contributed by atoms with Gasteiger partial charge in [0.15, 0.2) is 5.96 Å². The number of nitrogens with one attached hydrogen (secondary N) is 1. The molecule has 0 aromatic rings. The third-order valence-electron chi connectivity index (χ3n) is 2.62. The third-order valence-corrected chi connectivity index (χ3v) is 3.31. The van der Waals surface area contributed by atoms with E-state index in [1.807, 2.05) is 17.8 Å². The SMILES string of the molecule is C=CCCCN(C)C(=NCCCCSC)NCC.I. The van der Waals surface area contributed by atoms with Crippen LogP contribution in [0.4, 0.5) is 0 Å². The molecule has 0 bridgehead atoms. The van der Waals surface area contributed by atoms with Crippen molar-refractivity contribution in [3.63, 3.8) is 0 Å². The Bertz CT molecular complexity index is 235. The maximum absolute atomic E-state index is 4.66. The summed E-state index contributed by atoms with van der Waals surface area (Å²) in [7, 11) is 2.10. The zero-order chi connectivity index (χ0) is 13.6. The summed E-state index contributed by atoms with van der Waals surface area (Å²) in [6.07, 6.45) is 8.76. The molecule has 0 atom stereocenters. The van der Waals surface area contributed by atoms with Gasteiger partial charge >= 0.3 is 0 Å². The number of halogens is 1. The summed E-state index contributed by atoms with van der Waals surface area (Å²) in [6, 6.07) is 0. The first-order chi connectivity index (χ1) is 8.76. The molecule has 0 saturated heterocycles. The molecule has 1 N–H and O–H groups in total. The lowest BCUT2D eigenvalue weighted by Gasteiger charge is -2.21. The highest BCUT2D eigenvalue weighted by atomic mass is 127. The highest BCUT2D eigenvalue weighted by Gasteiger charge is 2.03. The first kappa shape index (κ1) is 21.4. The molecule has 0 radical (unpaired) electrons. The molecule has 0 amide bonds. The van der Waals surface area contributed by atoms with E-state index in [0.29, 0.717) is 0 Å². The summed E-state index contributed by atoms with van der Waals surface area (Å²) in [5.41, 5.74) is 0. The third kappa shape index (κ3) is 12.9. The van der Waals surface area contributed by atoms with Gasteiger partial charge in [0.2, 0.25) is 0 Å². The molecule has 0 aromatic carbocycles. The van der Waals surface area contributed by atoms with Crippen molar-refractivity contribution in [3.05, 3.63) is 12.7 Å². The zero-order valence-corrected chi connectivity index (χ0v) is 15.8. The van der Waals surface area contributed by atoms with E-state index in [1.165, 1.54) is 18.6 Å². The lowest BCUT2D eigenvalue weighted by Crippen LogP contribution is -2.39. The molecule has 0 aliphatic heterocycles. The number of hydrogen-bond donors (Lipinski definition) is 1. The van der Waals surface area contributed by atoms with Gasteiger partial charge in [-0.05, 0) is 44.6 Å². The molecule has 0 rings (SSSR count). The van der Waals surface area contributed by atoms with Gasteiger partial charge in [0.05, 0.1) is 0 Å². The summed E-state index contributed by atoms with van der Waals surface area (Å²) in [5, 5.41) is 3.35. The largest absolute Gasteiger partial charge is 0.357 e. The Hall–Kier alpha value is 0.0900. The Kier molecular flexibility index (Phi) is 18.2. The highest BCUT2D eigenvalue weighted by molar-refractivity contribution is 14.0. The van der Waals surface area contributed by atoms with Crippen molar-refractivity contribution >= 4 is 41.7 Å². The van der Waals surface area contributed by atoms with E-state index in [1.54, 1.807) is 0 Å². The number of unbranched alkanes of at least 4 members (excludes halogenated alkanes) is 2. The predicted molar refractivity (Wildman–Crippen MR) is 101 cm³/mol. The average Bonchev–Trinajstić information content (AvgIpc) is 2.37. The van der Waals surface area contributed by atoms with Gasteiger partial charge in [-0.25, -0.2) is 0 Å². The van der Waals surface area contributed by atoms with Crippen LogP contribution in [0.1, 0.15) is 32.6 Å². The fourth-order valence-corrected chi connectivity index (χ4v) is 2.08. The first-order valence-corrected chi connectivity index (χ1v) is 8.24. The van der Waals surface area contributed by atoms with Crippen LogP contribution in [0, 0.1) is 0 Å². The van der Waals surface area contributed by atoms with Crippen LogP contribution >= 0.6 is 35.7 Å². The predicted octanol–water partition coefficient (Wildman–Crippen LogP) is 3.61. The maximum atomic E-state index is 4.66. The summed E-state index contributed by atoms with van der Waals surface area (Å²) >= 11 is 1.91. The van der Waals surface area contributed by atoms with Gasteiger partial charge < -0.3 is 10.2 Å². The molecule has 5 heteroatoms. The summed E-state index contributed by atoms with van der Waals surface area (Å²) in [5.74, 6) is 2.27. The van der Waals surface area contributed by atoms with Crippen LogP contribution in [-0.2, 0) is 0 Å². The molecule has 0 fully saturated rings. The van der Waals surface area contributed by atoms with Crippen molar-refractivity contribution in [3.8, 4) is 0 Å². The molecule has 114 valence electrons. The van der Waals surface area contributed by atoms with Crippen molar-refractivity contribution < 1.29 is 0 Å². The van der Waals surface area contributed by atoms with Crippen LogP contribution in [0.2, 0.25) is 0 Å². The summed E-state index contributed by atoms with van der Waals surface area (Å²) in [4.78, 5) is 6.87. The summed E-state index contributed by atoms with van der Waals surface area (Å²) < 4.78 is 0. The quantitative estimate of drug-likeness (QED) is 0.200. The van der Waals surface area contributed by atoms with E-state index in [0.717, 1.165) is 38.4 Å². The van der Waals surface area contributed by atoms with Gasteiger partial charge in [-0.3, -0.25) is 4.99 Å². The number of guanidine groups is 1. The topological polar surface area (TPSA) is 27.6 Å². The number of hydrogen-bond acceptors (Lipinski definition) is 2. The standard InChI is InChI=1S/C14H29N3S.HI/c1-5-7-9-12-17(3)14(15-6-2)16-11-8-10-13-18-4;/h5H,1,6-13H2,2-4H3,(H,15,16);1H. The van der Waals surface area contributed by atoms with Crippen molar-refractivity contribution in [1.82, 2.24) is 10.2 Å². The maximum Gasteiger partial charge on any atom is 0.193 e. The second kappa shape index (κ2) is 16.1. The van der Waals surface area contributed by atoms with Gasteiger partial charge in [0.1, 0.15) is 0 Å². The number of rotatable bonds is 10. The molecule has 0 aliphatic rings. The van der Waals surface area contributed by atoms with Crippen molar-refractivity contribution in [2.75, 3.05) is 38.7 Å². The van der Waals surface area contributed by atoms with E-state index < -0.39 is 0 Å². The monoisotopic (exact) mass is 399 g/mol. The van der Waals surface area contributed by atoms with Crippen LogP contribution < -0.4 is 5.32 Å². The van der Waals surface area contributed by atoms with Gasteiger partial charge in [-0.15, -0.1) is 30.6 Å². The normalized spacial score (nSPS) is 10.8. The van der Waals surface area contributed by atoms with Crippen molar-refractivity contribution in [1.29, 1.82) is 0 Å². The Labute approximate surface area is 140 Å². The van der Waals surface area contributed by atoms with Crippen LogP contribution in [0.5, 0.6) is 0 Å². The minimum absolute atomic E-state index is 0. The van der Waals surface area contributed by atoms with Crippen LogP contribution in [-0.4, -0.2) is 49.6 Å². The minimum atomic E-state index is 0.